The molecule has 0 aromatic heterocycles. The topological polar surface area (TPSA) is 44.7 Å². The van der Waals surface area contributed by atoms with E-state index in [0.29, 0.717) is 12.4 Å². The molecule has 0 saturated carbocycles. The van der Waals surface area contributed by atoms with Crippen LogP contribution < -0.4 is 5.32 Å². The Bertz CT molecular complexity index is 683. The molecule has 112 valence electrons. The van der Waals surface area contributed by atoms with Crippen LogP contribution in [0.15, 0.2) is 59.6 Å². The maximum Gasteiger partial charge on any atom is 0.240 e. The third-order valence-electron chi connectivity index (χ3n) is 3.33. The van der Waals surface area contributed by atoms with Crippen molar-refractivity contribution in [1.82, 2.24) is 4.90 Å². The predicted molar refractivity (Wildman–Crippen MR) is 92.5 cm³/mol. The van der Waals surface area contributed by atoms with E-state index in [-0.39, 0.29) is 5.91 Å². The number of aliphatic imine (C=N–C) groups is 1. The standard InChI is InChI=1S/C17H17N3OS/c1-13-7-9-15(10-8-13)19-17-20(16(21)11-22-17)12-18-14-5-3-2-4-6-14/h2-10,18H,11-12H2,1H3. The number of amides is 1. The van der Waals surface area contributed by atoms with Crippen LogP contribution in [0, 0.1) is 6.92 Å². The molecule has 0 spiro atoms. The van der Waals surface area contributed by atoms with Crippen LogP contribution in [0.3, 0.4) is 0 Å². The van der Waals surface area contributed by atoms with Gasteiger partial charge in [-0.1, -0.05) is 47.7 Å². The molecular weight excluding hydrogens is 294 g/mol. The van der Waals surface area contributed by atoms with Gasteiger partial charge in [-0.05, 0) is 31.2 Å². The first-order valence-electron chi connectivity index (χ1n) is 7.10. The zero-order valence-electron chi connectivity index (χ0n) is 12.3. The van der Waals surface area contributed by atoms with Crippen LogP contribution in [0.1, 0.15) is 5.56 Å². The molecule has 1 N–H and O–H groups in total. The number of benzene rings is 2. The molecule has 0 unspecified atom stereocenters. The Balaban J connectivity index is 1.73. The first-order valence-corrected chi connectivity index (χ1v) is 8.08. The first-order chi connectivity index (χ1) is 10.7. The van der Waals surface area contributed by atoms with E-state index in [2.05, 4.69) is 10.3 Å². The molecule has 0 aliphatic carbocycles. The van der Waals surface area contributed by atoms with E-state index in [1.54, 1.807) is 4.90 Å². The lowest BCUT2D eigenvalue weighted by Gasteiger charge is -2.17. The number of para-hydroxylation sites is 1. The van der Waals surface area contributed by atoms with E-state index in [9.17, 15) is 4.79 Å². The molecule has 2 aromatic rings. The summed E-state index contributed by atoms with van der Waals surface area (Å²) in [4.78, 5) is 18.3. The molecule has 2 aromatic carbocycles. The van der Waals surface area contributed by atoms with Gasteiger partial charge in [0, 0.05) is 5.69 Å². The minimum Gasteiger partial charge on any atom is -0.367 e. The molecule has 0 bridgehead atoms. The lowest BCUT2D eigenvalue weighted by molar-refractivity contribution is -0.123. The lowest BCUT2D eigenvalue weighted by Crippen LogP contribution is -2.34. The van der Waals surface area contributed by atoms with Gasteiger partial charge in [-0.2, -0.15) is 0 Å². The molecule has 4 nitrogen and oxygen atoms in total. The molecule has 22 heavy (non-hydrogen) atoms. The van der Waals surface area contributed by atoms with E-state index in [1.165, 1.54) is 17.3 Å². The molecule has 1 amide bonds. The molecule has 3 rings (SSSR count). The molecule has 1 aliphatic heterocycles. The number of hydrogen-bond acceptors (Lipinski definition) is 4. The number of carbonyl (C=O) groups excluding carboxylic acids is 1. The second-order valence-corrected chi connectivity index (χ2v) is 5.98. The fourth-order valence-corrected chi connectivity index (χ4v) is 2.99. The van der Waals surface area contributed by atoms with Crippen molar-refractivity contribution in [3.63, 3.8) is 0 Å². The minimum absolute atomic E-state index is 0.0827. The summed E-state index contributed by atoms with van der Waals surface area (Å²) in [5.41, 5.74) is 3.05. The summed E-state index contributed by atoms with van der Waals surface area (Å²) in [5.74, 6) is 0.528. The van der Waals surface area contributed by atoms with Crippen LogP contribution in [0.5, 0.6) is 0 Å². The Hall–Kier alpha value is -2.27. The van der Waals surface area contributed by atoms with Gasteiger partial charge in [0.15, 0.2) is 5.17 Å². The van der Waals surface area contributed by atoms with E-state index in [4.69, 9.17) is 0 Å². The number of carbonyl (C=O) groups is 1. The number of thioether (sulfide) groups is 1. The van der Waals surface area contributed by atoms with Crippen LogP contribution in [0.25, 0.3) is 0 Å². The zero-order valence-corrected chi connectivity index (χ0v) is 13.1. The number of anilines is 1. The predicted octanol–water partition coefficient (Wildman–Crippen LogP) is 3.63. The summed E-state index contributed by atoms with van der Waals surface area (Å²) in [6.07, 6.45) is 0. The Labute approximate surface area is 134 Å². The maximum atomic E-state index is 12.0. The monoisotopic (exact) mass is 311 g/mol. The average molecular weight is 311 g/mol. The SMILES string of the molecule is Cc1ccc(N=C2SCC(=O)N2CNc2ccccc2)cc1. The Morgan fingerprint density at radius 1 is 1.14 bits per heavy atom. The Morgan fingerprint density at radius 3 is 2.59 bits per heavy atom. The first kappa shape index (κ1) is 14.7. The maximum absolute atomic E-state index is 12.0. The second-order valence-electron chi connectivity index (χ2n) is 5.04. The summed E-state index contributed by atoms with van der Waals surface area (Å²) >= 11 is 1.48. The van der Waals surface area contributed by atoms with Crippen molar-refractivity contribution in [2.24, 2.45) is 4.99 Å². The summed E-state index contributed by atoms with van der Waals surface area (Å²) in [6, 6.07) is 17.8. The van der Waals surface area contributed by atoms with Crippen molar-refractivity contribution in [2.45, 2.75) is 6.92 Å². The Kier molecular flexibility index (Phi) is 4.44. The molecule has 5 heteroatoms. The highest BCUT2D eigenvalue weighted by molar-refractivity contribution is 8.15. The smallest absolute Gasteiger partial charge is 0.240 e. The summed E-state index contributed by atoms with van der Waals surface area (Å²) in [5, 5.41) is 4.00. The normalized spacial score (nSPS) is 16.3. The van der Waals surface area contributed by atoms with Gasteiger partial charge >= 0.3 is 0 Å². The second kappa shape index (κ2) is 6.66. The van der Waals surface area contributed by atoms with E-state index >= 15 is 0 Å². The fourth-order valence-electron chi connectivity index (χ4n) is 2.09. The zero-order chi connectivity index (χ0) is 15.4. The summed E-state index contributed by atoms with van der Waals surface area (Å²) in [7, 11) is 0. The van der Waals surface area contributed by atoms with Crippen molar-refractivity contribution in [3.05, 3.63) is 60.2 Å². The quantitative estimate of drug-likeness (QED) is 0.938. The molecule has 1 aliphatic rings. The molecule has 0 radical (unpaired) electrons. The fraction of sp³-hybridized carbons (Fsp3) is 0.176. The highest BCUT2D eigenvalue weighted by Gasteiger charge is 2.27. The largest absolute Gasteiger partial charge is 0.367 e. The number of amidine groups is 1. The van der Waals surface area contributed by atoms with Crippen LogP contribution in [0.4, 0.5) is 11.4 Å². The van der Waals surface area contributed by atoms with Crippen molar-refractivity contribution < 1.29 is 4.79 Å². The highest BCUT2D eigenvalue weighted by Crippen LogP contribution is 2.24. The van der Waals surface area contributed by atoms with Gasteiger partial charge < -0.3 is 5.32 Å². The van der Waals surface area contributed by atoms with Gasteiger partial charge in [-0.15, -0.1) is 0 Å². The molecule has 0 atom stereocenters. The van der Waals surface area contributed by atoms with Crippen LogP contribution in [-0.4, -0.2) is 28.4 Å². The van der Waals surface area contributed by atoms with Crippen molar-refractivity contribution in [1.29, 1.82) is 0 Å². The number of nitrogens with one attached hydrogen (secondary N) is 1. The summed E-state index contributed by atoms with van der Waals surface area (Å²) in [6.45, 7) is 2.47. The number of hydrogen-bond donors (Lipinski definition) is 1. The molecular formula is C17H17N3OS. The van der Waals surface area contributed by atoms with Crippen molar-refractivity contribution >= 4 is 34.2 Å². The van der Waals surface area contributed by atoms with Gasteiger partial charge in [0.25, 0.3) is 0 Å². The van der Waals surface area contributed by atoms with Crippen LogP contribution in [-0.2, 0) is 4.79 Å². The molecule has 1 fully saturated rings. The molecule has 1 heterocycles. The molecule has 1 saturated heterocycles. The average Bonchev–Trinajstić information content (AvgIpc) is 2.89. The van der Waals surface area contributed by atoms with Crippen molar-refractivity contribution in [3.8, 4) is 0 Å². The third kappa shape index (κ3) is 3.49. The highest BCUT2D eigenvalue weighted by atomic mass is 32.2. The Morgan fingerprint density at radius 2 is 1.86 bits per heavy atom. The van der Waals surface area contributed by atoms with Crippen molar-refractivity contribution in [2.75, 3.05) is 17.7 Å². The number of nitrogens with zero attached hydrogens (tertiary/aromatic N) is 2. The third-order valence-corrected chi connectivity index (χ3v) is 4.29. The van der Waals surface area contributed by atoms with E-state index in [1.807, 2.05) is 61.5 Å². The number of rotatable bonds is 4. The van der Waals surface area contributed by atoms with Gasteiger partial charge in [0.05, 0.1) is 18.1 Å². The van der Waals surface area contributed by atoms with Gasteiger partial charge in [0.1, 0.15) is 0 Å². The van der Waals surface area contributed by atoms with Crippen LogP contribution in [0.2, 0.25) is 0 Å². The summed E-state index contributed by atoms with van der Waals surface area (Å²) < 4.78 is 0. The van der Waals surface area contributed by atoms with Crippen LogP contribution >= 0.6 is 11.8 Å². The van der Waals surface area contributed by atoms with Gasteiger partial charge in [-0.3, -0.25) is 9.69 Å². The lowest BCUT2D eigenvalue weighted by atomic mass is 10.2. The van der Waals surface area contributed by atoms with Gasteiger partial charge in [0.2, 0.25) is 5.91 Å². The van der Waals surface area contributed by atoms with E-state index in [0.717, 1.165) is 16.5 Å². The minimum atomic E-state index is 0.0827. The number of aryl methyl sites for hydroxylation is 1. The van der Waals surface area contributed by atoms with Gasteiger partial charge in [-0.25, -0.2) is 4.99 Å². The van der Waals surface area contributed by atoms with E-state index < -0.39 is 0 Å².